The molecule has 0 saturated heterocycles. The number of amides is 1. The number of primary amides is 1. The number of carboxylic acids is 5. The van der Waals surface area contributed by atoms with Crippen LogP contribution in [0.2, 0.25) is 0 Å². The number of aliphatic carboxylic acids is 5. The number of hydrogen-bond donors (Lipinski definition) is 10. The van der Waals surface area contributed by atoms with Crippen LogP contribution in [0.3, 0.4) is 0 Å². The minimum Gasteiger partial charge on any atom is -0.481 e. The summed E-state index contributed by atoms with van der Waals surface area (Å²) in [5.41, 5.74) is 24.8. The lowest BCUT2D eigenvalue weighted by atomic mass is 10.1. The van der Waals surface area contributed by atoms with Gasteiger partial charge in [0.15, 0.2) is 0 Å². The van der Waals surface area contributed by atoms with E-state index in [0.717, 1.165) is 0 Å². The summed E-state index contributed by atoms with van der Waals surface area (Å²) in [6, 6.07) is -3.83. The second kappa shape index (κ2) is 22.1. The van der Waals surface area contributed by atoms with Gasteiger partial charge in [-0.2, -0.15) is 0 Å². The van der Waals surface area contributed by atoms with Crippen LogP contribution in [0.1, 0.15) is 53.4 Å². The zero-order valence-corrected chi connectivity index (χ0v) is 20.9. The van der Waals surface area contributed by atoms with Gasteiger partial charge < -0.3 is 54.2 Å². The first kappa shape index (κ1) is 39.9. The molecule has 0 rings (SSSR count). The normalized spacial score (nSPS) is 13.2. The fourth-order valence-corrected chi connectivity index (χ4v) is 1.80. The van der Waals surface area contributed by atoms with E-state index in [1.165, 1.54) is 0 Å². The second-order valence-corrected chi connectivity index (χ2v) is 8.31. The molecule has 0 aromatic carbocycles. The number of carbonyl (C=O) groups excluding carboxylic acids is 1. The lowest BCUT2D eigenvalue weighted by Crippen LogP contribution is -2.34. The Morgan fingerprint density at radius 2 is 0.778 bits per heavy atom. The summed E-state index contributed by atoms with van der Waals surface area (Å²) in [6.45, 7) is 7.79. The number of carbonyl (C=O) groups is 6. The Kier molecular flexibility index (Phi) is 24.5. The minimum atomic E-state index is -1.29. The number of hydrogen-bond acceptors (Lipinski definition) is 10. The predicted octanol–water partition coefficient (Wildman–Crippen LogP) is -1.96. The predicted molar refractivity (Wildman–Crippen MR) is 127 cm³/mol. The lowest BCUT2D eigenvalue weighted by Gasteiger charge is -2.07. The molecule has 0 fully saturated rings. The van der Waals surface area contributed by atoms with Gasteiger partial charge in [0.2, 0.25) is 5.91 Å². The van der Waals surface area contributed by atoms with Crippen LogP contribution in [0.4, 0.5) is 0 Å². The number of rotatable bonds is 12. The molecule has 1 amide bonds. The summed E-state index contributed by atoms with van der Waals surface area (Å²) in [4.78, 5) is 59.7. The Balaban J connectivity index is -0.000000190. The van der Waals surface area contributed by atoms with E-state index in [0.29, 0.717) is 24.7 Å². The van der Waals surface area contributed by atoms with Crippen molar-refractivity contribution in [3.8, 4) is 0 Å². The topological polar surface area (TPSA) is 334 Å². The fraction of sp³-hybridized carbons (Fsp3) is 0.700. The first-order valence-corrected chi connectivity index (χ1v) is 10.6. The monoisotopic (exact) mass is 527 g/mol. The summed E-state index contributed by atoms with van der Waals surface area (Å²) >= 11 is 0. The Labute approximate surface area is 208 Å². The molecule has 0 bridgehead atoms. The molecule has 36 heavy (non-hydrogen) atoms. The van der Waals surface area contributed by atoms with Crippen molar-refractivity contribution in [2.45, 2.75) is 77.5 Å². The average Bonchev–Trinajstić information content (AvgIpc) is 2.67. The maximum Gasteiger partial charge on any atom is 0.321 e. The highest BCUT2D eigenvalue weighted by Gasteiger charge is 2.15. The van der Waals surface area contributed by atoms with Crippen molar-refractivity contribution < 1.29 is 54.3 Å². The summed E-state index contributed by atoms with van der Waals surface area (Å²) in [7, 11) is 0. The molecule has 0 aliphatic rings. The molecule has 212 valence electrons. The Morgan fingerprint density at radius 1 is 0.528 bits per heavy atom. The molecular weight excluding hydrogens is 486 g/mol. The van der Waals surface area contributed by atoms with Crippen LogP contribution in [-0.4, -0.2) is 85.5 Å². The summed E-state index contributed by atoms with van der Waals surface area (Å²) in [5.74, 6) is -5.53. The molecule has 0 aliphatic carbocycles. The molecule has 0 radical (unpaired) electrons. The lowest BCUT2D eigenvalue weighted by molar-refractivity contribution is -0.144. The van der Waals surface area contributed by atoms with Gasteiger partial charge in [-0.25, -0.2) is 0 Å². The molecule has 0 heterocycles. The largest absolute Gasteiger partial charge is 0.481 e. The van der Waals surface area contributed by atoms with Crippen LogP contribution in [-0.2, 0) is 28.8 Å². The van der Waals surface area contributed by atoms with Gasteiger partial charge in [0.1, 0.15) is 24.2 Å². The third kappa shape index (κ3) is 32.8. The SMILES string of the molecule is CC(C)C[C@@H](N)C(=O)O.CC(C)C[C@H](N)C(=O)O.NC(=O)C[C@H](N)C(=O)O.N[C@H](CC(=O)O)C(=O)O. The van der Waals surface area contributed by atoms with Crippen molar-refractivity contribution >= 4 is 35.8 Å². The van der Waals surface area contributed by atoms with Gasteiger partial charge in [0.05, 0.1) is 12.8 Å². The summed E-state index contributed by atoms with van der Waals surface area (Å²) in [5, 5.41) is 40.7. The van der Waals surface area contributed by atoms with E-state index in [2.05, 4.69) is 5.73 Å². The van der Waals surface area contributed by atoms with Crippen molar-refractivity contribution in [3.63, 3.8) is 0 Å². The van der Waals surface area contributed by atoms with Crippen molar-refractivity contribution in [3.05, 3.63) is 0 Å². The standard InChI is InChI=1S/2C6H13NO2.C4H8N2O3.C4H7NO4/c2*1-4(2)3-5(7)6(8)9;2*5-2(4(8)9)1-3(6)7/h2*4-5H,3,7H2,1-2H3,(H,8,9);2H,1,5H2,(H2,6,7)(H,8,9);2H,1,5H2,(H,6,7)(H,8,9)/t2*5-;2*2-/m1001/s1. The highest BCUT2D eigenvalue weighted by molar-refractivity contribution is 5.83. The van der Waals surface area contributed by atoms with E-state index in [4.69, 9.17) is 48.5 Å². The van der Waals surface area contributed by atoms with Gasteiger partial charge in [-0.05, 0) is 24.7 Å². The van der Waals surface area contributed by atoms with Crippen LogP contribution in [0.5, 0.6) is 0 Å². The van der Waals surface area contributed by atoms with E-state index in [-0.39, 0.29) is 6.42 Å². The Bertz CT molecular complexity index is 644. The molecular formula is C20H41N5O11. The number of nitrogens with two attached hydrogens (primary N) is 5. The van der Waals surface area contributed by atoms with Crippen molar-refractivity contribution in [1.82, 2.24) is 0 Å². The maximum atomic E-state index is 10.1. The van der Waals surface area contributed by atoms with Crippen LogP contribution >= 0.6 is 0 Å². The molecule has 15 N–H and O–H groups in total. The third-order valence-electron chi connectivity index (χ3n) is 3.54. The van der Waals surface area contributed by atoms with Gasteiger partial charge in [0, 0.05) is 0 Å². The molecule has 0 aromatic rings. The van der Waals surface area contributed by atoms with Gasteiger partial charge in [0.25, 0.3) is 0 Å². The molecule has 16 nitrogen and oxygen atoms in total. The van der Waals surface area contributed by atoms with Crippen molar-refractivity contribution in [2.24, 2.45) is 40.5 Å². The maximum absolute atomic E-state index is 10.1. The van der Waals surface area contributed by atoms with Crippen molar-refractivity contribution in [1.29, 1.82) is 0 Å². The van der Waals surface area contributed by atoms with Gasteiger partial charge in [-0.1, -0.05) is 27.7 Å². The average molecular weight is 528 g/mol. The molecule has 16 heteroatoms. The first-order chi connectivity index (χ1) is 16.1. The van der Waals surface area contributed by atoms with Crippen molar-refractivity contribution in [2.75, 3.05) is 0 Å². The molecule has 0 aromatic heterocycles. The molecule has 0 spiro atoms. The molecule has 0 saturated carbocycles. The van der Waals surface area contributed by atoms with Crippen LogP contribution < -0.4 is 28.7 Å². The van der Waals surface area contributed by atoms with E-state index >= 15 is 0 Å². The summed E-state index contributed by atoms with van der Waals surface area (Å²) in [6.07, 6.45) is 0.259. The highest BCUT2D eigenvalue weighted by Crippen LogP contribution is 2.02. The van der Waals surface area contributed by atoms with E-state index in [1.54, 1.807) is 0 Å². The van der Waals surface area contributed by atoms with E-state index in [1.807, 2.05) is 27.7 Å². The van der Waals surface area contributed by atoms with Crippen LogP contribution in [0.25, 0.3) is 0 Å². The quantitative estimate of drug-likeness (QED) is 0.131. The third-order valence-corrected chi connectivity index (χ3v) is 3.54. The Hall–Kier alpha value is -3.34. The second-order valence-electron chi connectivity index (χ2n) is 8.31. The van der Waals surface area contributed by atoms with Gasteiger partial charge in [-0.15, -0.1) is 0 Å². The Morgan fingerprint density at radius 3 is 0.861 bits per heavy atom. The van der Waals surface area contributed by atoms with E-state index in [9.17, 15) is 28.8 Å². The fourth-order valence-electron chi connectivity index (χ4n) is 1.80. The van der Waals surface area contributed by atoms with E-state index < -0.39 is 66.3 Å². The zero-order valence-electron chi connectivity index (χ0n) is 20.9. The molecule has 0 unspecified atom stereocenters. The minimum absolute atomic E-state index is 0.310. The first-order valence-electron chi connectivity index (χ1n) is 10.6. The highest BCUT2D eigenvalue weighted by atomic mass is 16.4. The van der Waals surface area contributed by atoms with Crippen LogP contribution in [0.15, 0.2) is 0 Å². The summed E-state index contributed by atoms with van der Waals surface area (Å²) < 4.78 is 0. The van der Waals surface area contributed by atoms with Gasteiger partial charge >= 0.3 is 29.8 Å². The number of carboxylic acid groups (broad SMARTS) is 5. The van der Waals surface area contributed by atoms with Gasteiger partial charge in [-0.3, -0.25) is 28.8 Å². The molecule has 0 aliphatic heterocycles. The smallest absolute Gasteiger partial charge is 0.321 e. The zero-order chi connectivity index (χ0) is 29.8. The molecule has 4 atom stereocenters. The van der Waals surface area contributed by atoms with Crippen LogP contribution in [0, 0.1) is 11.8 Å².